The fourth-order valence-electron chi connectivity index (χ4n) is 2.35. The Bertz CT molecular complexity index is 905. The molecule has 0 aliphatic heterocycles. The van der Waals surface area contributed by atoms with E-state index in [0.717, 1.165) is 11.4 Å². The number of fused-ring (bicyclic) bond motifs is 1. The standard InChI is InChI=1S/C16H15N5O3/c1-10(22)16-13-5-11(19-12-6-17-9-18-7-12)3-4-14(13)21(20-16)8-15(23)24-2/h3-7,9,19H,8H2,1-2H3. The van der Waals surface area contributed by atoms with Crippen LogP contribution in [-0.4, -0.2) is 38.6 Å². The van der Waals surface area contributed by atoms with E-state index in [0.29, 0.717) is 16.6 Å². The lowest BCUT2D eigenvalue weighted by Crippen LogP contribution is -2.13. The van der Waals surface area contributed by atoms with Gasteiger partial charge in [0, 0.05) is 18.0 Å². The summed E-state index contributed by atoms with van der Waals surface area (Å²) in [5.41, 5.74) is 2.47. The number of aromatic nitrogens is 4. The van der Waals surface area contributed by atoms with Crippen molar-refractivity contribution in [3.05, 3.63) is 42.6 Å². The molecule has 0 amide bonds. The first-order chi connectivity index (χ1) is 11.6. The normalized spacial score (nSPS) is 10.6. The van der Waals surface area contributed by atoms with Gasteiger partial charge in [0.05, 0.1) is 30.7 Å². The van der Waals surface area contributed by atoms with Gasteiger partial charge in [0.25, 0.3) is 0 Å². The van der Waals surface area contributed by atoms with Crippen molar-refractivity contribution in [2.45, 2.75) is 13.5 Å². The van der Waals surface area contributed by atoms with Crippen LogP contribution in [0.25, 0.3) is 10.9 Å². The summed E-state index contributed by atoms with van der Waals surface area (Å²) < 4.78 is 6.13. The van der Waals surface area contributed by atoms with Crippen LogP contribution in [0.5, 0.6) is 0 Å². The average molecular weight is 325 g/mol. The fourth-order valence-corrected chi connectivity index (χ4v) is 2.35. The maximum Gasteiger partial charge on any atom is 0.327 e. The molecular formula is C16H15N5O3. The van der Waals surface area contributed by atoms with Gasteiger partial charge < -0.3 is 10.1 Å². The summed E-state index contributed by atoms with van der Waals surface area (Å²) in [5.74, 6) is -0.609. The first kappa shape index (κ1) is 15.6. The van der Waals surface area contributed by atoms with Crippen molar-refractivity contribution in [1.29, 1.82) is 0 Å². The highest BCUT2D eigenvalue weighted by Gasteiger charge is 2.16. The van der Waals surface area contributed by atoms with Gasteiger partial charge in [-0.1, -0.05) is 0 Å². The highest BCUT2D eigenvalue weighted by molar-refractivity contribution is 6.05. The van der Waals surface area contributed by atoms with E-state index in [2.05, 4.69) is 25.1 Å². The second-order valence-corrected chi connectivity index (χ2v) is 5.12. The number of hydrogen-bond acceptors (Lipinski definition) is 7. The number of nitrogens with one attached hydrogen (secondary N) is 1. The second-order valence-electron chi connectivity index (χ2n) is 5.12. The summed E-state index contributed by atoms with van der Waals surface area (Å²) in [6, 6.07) is 5.43. The minimum atomic E-state index is -0.432. The highest BCUT2D eigenvalue weighted by Crippen LogP contribution is 2.25. The van der Waals surface area contributed by atoms with Crippen LogP contribution in [0, 0.1) is 0 Å². The number of Topliss-reactive ketones (excluding diaryl/α,β-unsaturated/α-hetero) is 1. The van der Waals surface area contributed by atoms with Gasteiger partial charge in [0.1, 0.15) is 18.6 Å². The number of carbonyl (C=O) groups is 2. The molecule has 24 heavy (non-hydrogen) atoms. The number of ketones is 1. The number of rotatable bonds is 5. The van der Waals surface area contributed by atoms with Gasteiger partial charge >= 0.3 is 5.97 Å². The molecule has 0 radical (unpaired) electrons. The van der Waals surface area contributed by atoms with Crippen molar-refractivity contribution in [3.8, 4) is 0 Å². The molecule has 0 saturated carbocycles. The summed E-state index contributed by atoms with van der Waals surface area (Å²) in [6.07, 6.45) is 4.73. The monoisotopic (exact) mass is 325 g/mol. The van der Waals surface area contributed by atoms with Gasteiger partial charge in [-0.15, -0.1) is 0 Å². The van der Waals surface area contributed by atoms with Crippen LogP contribution in [0.15, 0.2) is 36.9 Å². The third-order valence-corrected chi connectivity index (χ3v) is 3.44. The minimum Gasteiger partial charge on any atom is -0.468 e. The number of benzene rings is 1. The first-order valence-electron chi connectivity index (χ1n) is 7.19. The van der Waals surface area contributed by atoms with Gasteiger partial charge in [-0.25, -0.2) is 9.97 Å². The molecule has 1 aromatic carbocycles. The molecule has 0 bridgehead atoms. The summed E-state index contributed by atoms with van der Waals surface area (Å²) in [4.78, 5) is 31.3. The van der Waals surface area contributed by atoms with Crippen LogP contribution >= 0.6 is 0 Å². The molecular weight excluding hydrogens is 310 g/mol. The van der Waals surface area contributed by atoms with E-state index in [4.69, 9.17) is 0 Å². The molecule has 8 heteroatoms. The molecule has 0 aliphatic carbocycles. The molecule has 0 fully saturated rings. The minimum absolute atomic E-state index is 0.0560. The van der Waals surface area contributed by atoms with E-state index in [1.807, 2.05) is 6.07 Å². The number of anilines is 2. The molecule has 0 unspecified atom stereocenters. The van der Waals surface area contributed by atoms with E-state index in [9.17, 15) is 9.59 Å². The van der Waals surface area contributed by atoms with Gasteiger partial charge in [0.15, 0.2) is 5.78 Å². The summed E-state index contributed by atoms with van der Waals surface area (Å²) in [5, 5.41) is 8.06. The predicted octanol–water partition coefficient (Wildman–Crippen LogP) is 1.95. The Balaban J connectivity index is 2.03. The Morgan fingerprint density at radius 2 is 1.96 bits per heavy atom. The predicted molar refractivity (Wildman–Crippen MR) is 87.1 cm³/mol. The quantitative estimate of drug-likeness (QED) is 0.565. The summed E-state index contributed by atoms with van der Waals surface area (Å²) in [7, 11) is 1.31. The zero-order valence-corrected chi connectivity index (χ0v) is 13.2. The van der Waals surface area contributed by atoms with Crippen molar-refractivity contribution in [2.75, 3.05) is 12.4 Å². The van der Waals surface area contributed by atoms with E-state index in [-0.39, 0.29) is 12.3 Å². The van der Waals surface area contributed by atoms with Crippen LogP contribution in [0.3, 0.4) is 0 Å². The highest BCUT2D eigenvalue weighted by atomic mass is 16.5. The number of ether oxygens (including phenoxy) is 1. The van der Waals surface area contributed by atoms with Crippen LogP contribution in [0.2, 0.25) is 0 Å². The number of nitrogens with zero attached hydrogens (tertiary/aromatic N) is 4. The first-order valence-corrected chi connectivity index (χ1v) is 7.19. The van der Waals surface area contributed by atoms with Crippen LogP contribution in [0.4, 0.5) is 11.4 Å². The Morgan fingerprint density at radius 3 is 2.62 bits per heavy atom. The van der Waals surface area contributed by atoms with E-state index in [1.54, 1.807) is 24.5 Å². The number of methoxy groups -OCH3 is 1. The lowest BCUT2D eigenvalue weighted by molar-refractivity contribution is -0.141. The summed E-state index contributed by atoms with van der Waals surface area (Å²) >= 11 is 0. The van der Waals surface area contributed by atoms with Gasteiger partial charge in [-0.3, -0.25) is 14.3 Å². The Hall–Kier alpha value is -3.29. The second kappa shape index (κ2) is 6.45. The summed E-state index contributed by atoms with van der Waals surface area (Å²) in [6.45, 7) is 1.38. The van der Waals surface area contributed by atoms with Crippen molar-refractivity contribution < 1.29 is 14.3 Å². The molecule has 2 heterocycles. The lowest BCUT2D eigenvalue weighted by Gasteiger charge is -2.06. The number of esters is 1. The fraction of sp³-hybridized carbons (Fsp3) is 0.188. The molecule has 0 saturated heterocycles. The molecule has 0 spiro atoms. The largest absolute Gasteiger partial charge is 0.468 e. The van der Waals surface area contributed by atoms with E-state index in [1.165, 1.54) is 25.0 Å². The maximum absolute atomic E-state index is 11.9. The molecule has 0 aliphatic rings. The van der Waals surface area contributed by atoms with Crippen molar-refractivity contribution in [1.82, 2.24) is 19.7 Å². The molecule has 2 aromatic heterocycles. The van der Waals surface area contributed by atoms with Crippen molar-refractivity contribution >= 4 is 34.0 Å². The zero-order chi connectivity index (χ0) is 17.1. The smallest absolute Gasteiger partial charge is 0.327 e. The topological polar surface area (TPSA) is 99.0 Å². The maximum atomic E-state index is 11.9. The van der Waals surface area contributed by atoms with Gasteiger partial charge in [-0.05, 0) is 18.2 Å². The molecule has 0 atom stereocenters. The molecule has 3 rings (SSSR count). The van der Waals surface area contributed by atoms with Crippen molar-refractivity contribution in [3.63, 3.8) is 0 Å². The third kappa shape index (κ3) is 3.07. The third-order valence-electron chi connectivity index (χ3n) is 3.44. The molecule has 8 nitrogen and oxygen atoms in total. The number of carbonyl (C=O) groups excluding carboxylic acids is 2. The van der Waals surface area contributed by atoms with Crippen LogP contribution in [-0.2, 0) is 16.1 Å². The van der Waals surface area contributed by atoms with E-state index >= 15 is 0 Å². The van der Waals surface area contributed by atoms with Crippen molar-refractivity contribution in [2.24, 2.45) is 0 Å². The average Bonchev–Trinajstić information content (AvgIpc) is 2.94. The lowest BCUT2D eigenvalue weighted by atomic mass is 10.1. The Kier molecular flexibility index (Phi) is 4.19. The number of hydrogen-bond donors (Lipinski definition) is 1. The Labute approximate surface area is 137 Å². The Morgan fingerprint density at radius 1 is 1.21 bits per heavy atom. The van der Waals surface area contributed by atoms with Gasteiger partial charge in [0.2, 0.25) is 0 Å². The molecule has 3 aromatic rings. The molecule has 122 valence electrons. The molecule has 1 N–H and O–H groups in total. The SMILES string of the molecule is COC(=O)Cn1nc(C(C)=O)c2cc(Nc3cncnc3)ccc21. The van der Waals surface area contributed by atoms with Crippen LogP contribution < -0.4 is 5.32 Å². The van der Waals surface area contributed by atoms with E-state index < -0.39 is 5.97 Å². The van der Waals surface area contributed by atoms with Gasteiger partial charge in [-0.2, -0.15) is 5.10 Å². The zero-order valence-electron chi connectivity index (χ0n) is 13.2. The van der Waals surface area contributed by atoms with Crippen LogP contribution in [0.1, 0.15) is 17.4 Å².